The first-order chi connectivity index (χ1) is 9.07. The smallest absolute Gasteiger partial charge is 0.260 e. The molecule has 0 spiro atoms. The van der Waals surface area contributed by atoms with Crippen molar-refractivity contribution in [3.63, 3.8) is 0 Å². The van der Waals surface area contributed by atoms with Crippen LogP contribution in [0.3, 0.4) is 0 Å². The van der Waals surface area contributed by atoms with E-state index in [-0.39, 0.29) is 12.0 Å². The Morgan fingerprint density at radius 2 is 2.11 bits per heavy atom. The van der Waals surface area contributed by atoms with Crippen LogP contribution in [0.5, 0.6) is 0 Å². The van der Waals surface area contributed by atoms with E-state index >= 15 is 0 Å². The summed E-state index contributed by atoms with van der Waals surface area (Å²) in [5.74, 6) is 0.876. The van der Waals surface area contributed by atoms with Crippen molar-refractivity contribution in [2.45, 2.75) is 70.4 Å². The lowest BCUT2D eigenvalue weighted by atomic mass is 9.78. The summed E-state index contributed by atoms with van der Waals surface area (Å²) in [6.07, 6.45) is 8.68. The van der Waals surface area contributed by atoms with Gasteiger partial charge >= 0.3 is 0 Å². The standard InChI is InChI=1S/C15H28N2O2/c1-4-12(2)19-11-15(14(18)17(3)16-15)10-13-8-6-5-7-9-13/h12-13,16H,4-11H2,1-3H3/t12-,15?/m0/s1. The van der Waals surface area contributed by atoms with Gasteiger partial charge in [0.05, 0.1) is 12.7 Å². The normalized spacial score (nSPS) is 30.3. The highest BCUT2D eigenvalue weighted by molar-refractivity contribution is 5.91. The van der Waals surface area contributed by atoms with Crippen molar-refractivity contribution in [1.82, 2.24) is 10.4 Å². The molecule has 4 heteroatoms. The summed E-state index contributed by atoms with van der Waals surface area (Å²) in [6.45, 7) is 4.70. The first-order valence-corrected chi connectivity index (χ1v) is 7.75. The van der Waals surface area contributed by atoms with Crippen LogP contribution in [0.25, 0.3) is 0 Å². The lowest BCUT2D eigenvalue weighted by Gasteiger charge is -2.49. The van der Waals surface area contributed by atoms with Crippen molar-refractivity contribution in [2.24, 2.45) is 5.92 Å². The summed E-state index contributed by atoms with van der Waals surface area (Å²) < 4.78 is 5.85. The van der Waals surface area contributed by atoms with E-state index in [2.05, 4.69) is 19.3 Å². The van der Waals surface area contributed by atoms with Crippen molar-refractivity contribution in [3.8, 4) is 0 Å². The second-order valence-electron chi connectivity index (χ2n) is 6.30. The Balaban J connectivity index is 1.93. The molecule has 0 aromatic heterocycles. The second kappa shape index (κ2) is 6.23. The Kier molecular flexibility index (Phi) is 4.85. The van der Waals surface area contributed by atoms with Gasteiger partial charge in [0.2, 0.25) is 0 Å². The molecule has 2 atom stereocenters. The van der Waals surface area contributed by atoms with E-state index in [1.807, 2.05) is 0 Å². The minimum absolute atomic E-state index is 0.196. The molecule has 2 fully saturated rings. The van der Waals surface area contributed by atoms with Gasteiger partial charge in [-0.1, -0.05) is 39.0 Å². The van der Waals surface area contributed by atoms with Gasteiger partial charge < -0.3 is 4.74 Å². The third-order valence-corrected chi connectivity index (χ3v) is 4.65. The van der Waals surface area contributed by atoms with Gasteiger partial charge in [-0.2, -0.15) is 0 Å². The molecule has 0 radical (unpaired) electrons. The quantitative estimate of drug-likeness (QED) is 0.804. The van der Waals surface area contributed by atoms with Gasteiger partial charge in [-0.15, -0.1) is 0 Å². The SMILES string of the molecule is CC[C@H](C)OCC1(CC2CCCCC2)NN(C)C1=O. The summed E-state index contributed by atoms with van der Waals surface area (Å²) in [7, 11) is 1.80. The fraction of sp³-hybridized carbons (Fsp3) is 0.933. The number of hydrazine groups is 1. The highest BCUT2D eigenvalue weighted by Gasteiger charge is 2.51. The number of nitrogens with one attached hydrogen (secondary N) is 1. The molecule has 1 heterocycles. The number of carbonyl (C=O) groups excluding carboxylic acids is 1. The van der Waals surface area contributed by atoms with Crippen LogP contribution in [-0.4, -0.2) is 36.2 Å². The number of ether oxygens (including phenoxy) is 1. The minimum Gasteiger partial charge on any atom is -0.376 e. The average molecular weight is 268 g/mol. The average Bonchev–Trinajstić information content (AvgIpc) is 2.45. The summed E-state index contributed by atoms with van der Waals surface area (Å²) in [6, 6.07) is 0. The zero-order valence-corrected chi connectivity index (χ0v) is 12.6. The Bertz CT molecular complexity index is 315. The van der Waals surface area contributed by atoms with Crippen LogP contribution in [0.15, 0.2) is 0 Å². The monoisotopic (exact) mass is 268 g/mol. The molecule has 4 nitrogen and oxygen atoms in total. The first kappa shape index (κ1) is 14.8. The van der Waals surface area contributed by atoms with E-state index in [9.17, 15) is 4.79 Å². The van der Waals surface area contributed by atoms with Crippen molar-refractivity contribution in [2.75, 3.05) is 13.7 Å². The molecule has 1 saturated carbocycles. The Hall–Kier alpha value is -0.610. The first-order valence-electron chi connectivity index (χ1n) is 7.75. The molecule has 1 aliphatic carbocycles. The fourth-order valence-corrected chi connectivity index (χ4v) is 3.26. The molecule has 1 unspecified atom stereocenters. The number of rotatable bonds is 6. The molecule has 1 N–H and O–H groups in total. The minimum atomic E-state index is -0.444. The zero-order chi connectivity index (χ0) is 13.9. The third kappa shape index (κ3) is 3.29. The van der Waals surface area contributed by atoms with Crippen LogP contribution in [0.2, 0.25) is 0 Å². The summed E-state index contributed by atoms with van der Waals surface area (Å²) in [4.78, 5) is 12.2. The van der Waals surface area contributed by atoms with E-state index in [4.69, 9.17) is 4.74 Å². The molecule has 110 valence electrons. The summed E-state index contributed by atoms with van der Waals surface area (Å²) in [5, 5.41) is 1.60. The maximum absolute atomic E-state index is 12.2. The van der Waals surface area contributed by atoms with Crippen molar-refractivity contribution in [1.29, 1.82) is 0 Å². The van der Waals surface area contributed by atoms with E-state index in [0.29, 0.717) is 12.5 Å². The third-order valence-electron chi connectivity index (χ3n) is 4.65. The van der Waals surface area contributed by atoms with Gasteiger partial charge in [-0.3, -0.25) is 9.80 Å². The van der Waals surface area contributed by atoms with Gasteiger partial charge in [0.15, 0.2) is 0 Å². The fourth-order valence-electron chi connectivity index (χ4n) is 3.26. The predicted molar refractivity (Wildman–Crippen MR) is 75.5 cm³/mol. The van der Waals surface area contributed by atoms with E-state index < -0.39 is 5.54 Å². The summed E-state index contributed by atoms with van der Waals surface area (Å²) in [5.41, 5.74) is 2.85. The Morgan fingerprint density at radius 1 is 1.42 bits per heavy atom. The number of nitrogens with zero attached hydrogens (tertiary/aromatic N) is 1. The number of hydrogen-bond donors (Lipinski definition) is 1. The molecule has 0 aromatic rings. The van der Waals surface area contributed by atoms with Crippen molar-refractivity contribution < 1.29 is 9.53 Å². The van der Waals surface area contributed by atoms with Gasteiger partial charge in [-0.25, -0.2) is 5.43 Å². The maximum Gasteiger partial charge on any atom is 0.260 e. The number of likely N-dealkylation sites (N-methyl/N-ethyl adjacent to an activating group) is 1. The lowest BCUT2D eigenvalue weighted by molar-refractivity contribution is -0.171. The maximum atomic E-state index is 12.2. The highest BCUT2D eigenvalue weighted by Crippen LogP contribution is 2.34. The number of hydrogen-bond acceptors (Lipinski definition) is 3. The predicted octanol–water partition coefficient (Wildman–Crippen LogP) is 2.49. The van der Waals surface area contributed by atoms with Crippen molar-refractivity contribution >= 4 is 5.91 Å². The van der Waals surface area contributed by atoms with Crippen LogP contribution in [-0.2, 0) is 9.53 Å². The molecule has 1 amide bonds. The van der Waals surface area contributed by atoms with Gasteiger partial charge in [-0.05, 0) is 25.7 Å². The van der Waals surface area contributed by atoms with Crippen molar-refractivity contribution in [3.05, 3.63) is 0 Å². The van der Waals surface area contributed by atoms with Gasteiger partial charge in [0, 0.05) is 7.05 Å². The number of carbonyl (C=O) groups is 1. The molecule has 2 aliphatic rings. The molecule has 1 aliphatic heterocycles. The number of amides is 1. The molecular formula is C15H28N2O2. The molecule has 1 saturated heterocycles. The topological polar surface area (TPSA) is 41.6 Å². The van der Waals surface area contributed by atoms with E-state index in [1.165, 1.54) is 32.1 Å². The second-order valence-corrected chi connectivity index (χ2v) is 6.30. The lowest BCUT2D eigenvalue weighted by Crippen LogP contribution is -2.77. The molecular weight excluding hydrogens is 240 g/mol. The van der Waals surface area contributed by atoms with Crippen LogP contribution in [0, 0.1) is 5.92 Å². The van der Waals surface area contributed by atoms with E-state index in [1.54, 1.807) is 12.1 Å². The van der Waals surface area contributed by atoms with Crippen LogP contribution < -0.4 is 5.43 Å². The van der Waals surface area contributed by atoms with Crippen LogP contribution in [0.4, 0.5) is 0 Å². The van der Waals surface area contributed by atoms with Crippen LogP contribution in [0.1, 0.15) is 58.8 Å². The van der Waals surface area contributed by atoms with Gasteiger partial charge in [0.25, 0.3) is 5.91 Å². The largest absolute Gasteiger partial charge is 0.376 e. The van der Waals surface area contributed by atoms with E-state index in [0.717, 1.165) is 12.8 Å². The molecule has 19 heavy (non-hydrogen) atoms. The zero-order valence-electron chi connectivity index (χ0n) is 12.6. The highest BCUT2D eigenvalue weighted by atomic mass is 16.5. The Labute approximate surface area is 116 Å². The molecule has 0 aromatic carbocycles. The van der Waals surface area contributed by atoms with Gasteiger partial charge in [0.1, 0.15) is 5.54 Å². The molecule has 0 bridgehead atoms. The summed E-state index contributed by atoms with van der Waals surface area (Å²) >= 11 is 0. The Morgan fingerprint density at radius 3 is 2.63 bits per heavy atom. The molecule has 2 rings (SSSR count). The van der Waals surface area contributed by atoms with Crippen LogP contribution >= 0.6 is 0 Å².